The highest BCUT2D eigenvalue weighted by Gasteiger charge is 2.14. The van der Waals surface area contributed by atoms with Crippen molar-refractivity contribution >= 4 is 23.1 Å². The number of Topliss-reactive ketones (excluding diaryl/α,β-unsaturated/α-hetero) is 4. The van der Waals surface area contributed by atoms with E-state index in [1.807, 2.05) is 58.0 Å². The van der Waals surface area contributed by atoms with Gasteiger partial charge >= 0.3 is 0 Å². The predicted molar refractivity (Wildman–Crippen MR) is 159 cm³/mol. The van der Waals surface area contributed by atoms with E-state index in [4.69, 9.17) is 22.9 Å². The van der Waals surface area contributed by atoms with Gasteiger partial charge in [0.05, 0.1) is 24.2 Å². The van der Waals surface area contributed by atoms with Crippen LogP contribution in [0.4, 0.5) is 0 Å². The monoisotopic (exact) mass is 536 g/mol. The Labute approximate surface area is 231 Å². The van der Waals surface area contributed by atoms with Crippen LogP contribution in [0.5, 0.6) is 0 Å². The molecule has 0 aliphatic carbocycles. The molecule has 1 aromatic rings. The Balaban J connectivity index is -0.000000436. The number of nitrogens with two attached hydrogens (primary N) is 4. The third-order valence-corrected chi connectivity index (χ3v) is 5.98. The van der Waals surface area contributed by atoms with Crippen LogP contribution in [0, 0.1) is 17.8 Å². The molecule has 5 unspecified atom stereocenters. The molecule has 0 bridgehead atoms. The SMILES string of the molecule is CC(=O)C(N)C(C)C.CC(=O)C(N)CC(C)C.CC(=O)C(N)Cc1ccccc1.CCC(C)C(N)C(C)=O. The van der Waals surface area contributed by atoms with Crippen LogP contribution in [0.1, 0.15) is 87.6 Å². The van der Waals surface area contributed by atoms with Gasteiger partial charge in [0, 0.05) is 0 Å². The maximum atomic E-state index is 10.8. The minimum Gasteiger partial charge on any atom is -0.322 e. The summed E-state index contributed by atoms with van der Waals surface area (Å²) in [5.74, 6) is 1.39. The molecular weight excluding hydrogens is 480 g/mol. The average Bonchev–Trinajstić information content (AvgIpc) is 2.83. The van der Waals surface area contributed by atoms with Crippen molar-refractivity contribution < 1.29 is 19.2 Å². The quantitative estimate of drug-likeness (QED) is 0.332. The molecule has 8 N–H and O–H groups in total. The van der Waals surface area contributed by atoms with Crippen LogP contribution in [0.15, 0.2) is 30.3 Å². The van der Waals surface area contributed by atoms with Crippen molar-refractivity contribution in [3.63, 3.8) is 0 Å². The van der Waals surface area contributed by atoms with E-state index in [1.54, 1.807) is 0 Å². The smallest absolute Gasteiger partial charge is 0.146 e. The lowest BCUT2D eigenvalue weighted by molar-refractivity contribution is -0.119. The first kappa shape index (κ1) is 40.2. The topological polar surface area (TPSA) is 172 Å². The summed E-state index contributed by atoms with van der Waals surface area (Å²) >= 11 is 0. The maximum absolute atomic E-state index is 10.8. The Morgan fingerprint density at radius 3 is 1.29 bits per heavy atom. The van der Waals surface area contributed by atoms with E-state index in [2.05, 4.69) is 13.8 Å². The number of hydrogen-bond donors (Lipinski definition) is 4. The van der Waals surface area contributed by atoms with E-state index in [0.29, 0.717) is 18.3 Å². The number of ketones is 4. The summed E-state index contributed by atoms with van der Waals surface area (Å²) in [6.45, 7) is 18.1. The second kappa shape index (κ2) is 22.7. The summed E-state index contributed by atoms with van der Waals surface area (Å²) in [6, 6.07) is 8.67. The summed E-state index contributed by atoms with van der Waals surface area (Å²) in [5.41, 5.74) is 23.1. The molecule has 38 heavy (non-hydrogen) atoms. The van der Waals surface area contributed by atoms with Gasteiger partial charge in [-0.3, -0.25) is 19.2 Å². The number of hydrogen-bond acceptors (Lipinski definition) is 8. The summed E-state index contributed by atoms with van der Waals surface area (Å²) < 4.78 is 0. The van der Waals surface area contributed by atoms with Crippen LogP contribution in [0.3, 0.4) is 0 Å². The first-order valence-electron chi connectivity index (χ1n) is 13.5. The molecule has 5 atom stereocenters. The fourth-order valence-electron chi connectivity index (χ4n) is 2.81. The molecular formula is C30H56N4O4. The Kier molecular flexibility index (Phi) is 24.0. The van der Waals surface area contributed by atoms with Crippen molar-refractivity contribution in [1.29, 1.82) is 0 Å². The number of rotatable bonds is 11. The lowest BCUT2D eigenvalue weighted by atomic mass is 9.97. The number of carbonyl (C=O) groups excluding carboxylic acids is 4. The second-order valence-corrected chi connectivity index (χ2v) is 10.7. The Morgan fingerprint density at radius 2 is 1.08 bits per heavy atom. The predicted octanol–water partition coefficient (Wildman–Crippen LogP) is 3.60. The Morgan fingerprint density at radius 1 is 0.658 bits per heavy atom. The molecule has 0 heterocycles. The van der Waals surface area contributed by atoms with Gasteiger partial charge in [0.2, 0.25) is 0 Å². The van der Waals surface area contributed by atoms with E-state index in [0.717, 1.165) is 18.4 Å². The molecule has 0 aromatic heterocycles. The summed E-state index contributed by atoms with van der Waals surface area (Å²) in [4.78, 5) is 42.5. The molecule has 0 fully saturated rings. The van der Waals surface area contributed by atoms with Gasteiger partial charge in [-0.15, -0.1) is 0 Å². The van der Waals surface area contributed by atoms with E-state index < -0.39 is 0 Å². The van der Waals surface area contributed by atoms with E-state index in [1.165, 1.54) is 27.7 Å². The molecule has 220 valence electrons. The highest BCUT2D eigenvalue weighted by Crippen LogP contribution is 2.05. The third-order valence-electron chi connectivity index (χ3n) is 5.98. The lowest BCUT2D eigenvalue weighted by Gasteiger charge is -2.13. The molecule has 0 saturated carbocycles. The van der Waals surface area contributed by atoms with Crippen molar-refractivity contribution in [2.45, 2.75) is 113 Å². The normalized spacial score (nSPS) is 14.2. The van der Waals surface area contributed by atoms with Crippen LogP contribution in [0.2, 0.25) is 0 Å². The lowest BCUT2D eigenvalue weighted by Crippen LogP contribution is -2.34. The number of carbonyl (C=O) groups is 4. The molecule has 8 heteroatoms. The van der Waals surface area contributed by atoms with E-state index >= 15 is 0 Å². The largest absolute Gasteiger partial charge is 0.322 e. The fourth-order valence-corrected chi connectivity index (χ4v) is 2.81. The standard InChI is InChI=1S/C10H13NO.2C7H15NO.C6H13NO/c1-8(12)10(11)7-9-5-3-2-4-6-9;1-5(2)4-7(8)6(3)9;1-4-5(2)7(8)6(3)9;1-4(2)6(7)5(3)8/h2-6,10H,7,11H2,1H3;2*5,7H,4,8H2,1-3H3;4,6H,7H2,1-3H3. The van der Waals surface area contributed by atoms with Gasteiger partial charge in [0.1, 0.15) is 23.1 Å². The zero-order chi connectivity index (χ0) is 30.6. The van der Waals surface area contributed by atoms with Crippen LogP contribution in [-0.4, -0.2) is 47.3 Å². The Hall–Kier alpha value is -2.26. The van der Waals surface area contributed by atoms with Crippen LogP contribution < -0.4 is 22.9 Å². The fraction of sp³-hybridized carbons (Fsp3) is 0.667. The van der Waals surface area contributed by atoms with E-state index in [-0.39, 0.29) is 53.2 Å². The highest BCUT2D eigenvalue weighted by molar-refractivity contribution is 5.82. The van der Waals surface area contributed by atoms with Crippen molar-refractivity contribution in [2.75, 3.05) is 0 Å². The average molecular weight is 537 g/mol. The molecule has 0 radical (unpaired) electrons. The van der Waals surface area contributed by atoms with Crippen molar-refractivity contribution in [1.82, 2.24) is 0 Å². The van der Waals surface area contributed by atoms with Gasteiger partial charge < -0.3 is 22.9 Å². The molecule has 0 aliphatic heterocycles. The molecule has 0 amide bonds. The molecule has 0 spiro atoms. The molecule has 0 aliphatic rings. The molecule has 1 aromatic carbocycles. The van der Waals surface area contributed by atoms with Crippen molar-refractivity contribution in [3.8, 4) is 0 Å². The molecule has 0 saturated heterocycles. The zero-order valence-corrected chi connectivity index (χ0v) is 25.5. The number of benzene rings is 1. The Bertz CT molecular complexity index is 797. The van der Waals surface area contributed by atoms with Gasteiger partial charge in [-0.25, -0.2) is 0 Å². The zero-order valence-electron chi connectivity index (χ0n) is 25.5. The molecule has 8 nitrogen and oxygen atoms in total. The summed E-state index contributed by atoms with van der Waals surface area (Å²) in [7, 11) is 0. The van der Waals surface area contributed by atoms with Crippen LogP contribution in [-0.2, 0) is 25.6 Å². The van der Waals surface area contributed by atoms with Gasteiger partial charge in [0.15, 0.2) is 0 Å². The minimum absolute atomic E-state index is 0.0406. The van der Waals surface area contributed by atoms with Crippen LogP contribution in [0.25, 0.3) is 0 Å². The first-order valence-corrected chi connectivity index (χ1v) is 13.5. The van der Waals surface area contributed by atoms with Gasteiger partial charge in [-0.2, -0.15) is 0 Å². The second-order valence-electron chi connectivity index (χ2n) is 10.7. The minimum atomic E-state index is -0.354. The maximum Gasteiger partial charge on any atom is 0.146 e. The first-order chi connectivity index (χ1) is 17.4. The van der Waals surface area contributed by atoms with Crippen molar-refractivity contribution in [2.24, 2.45) is 40.7 Å². The van der Waals surface area contributed by atoms with Gasteiger partial charge in [-0.1, -0.05) is 78.3 Å². The summed E-state index contributed by atoms with van der Waals surface area (Å²) in [5, 5.41) is 0. The van der Waals surface area contributed by atoms with Gasteiger partial charge in [-0.05, 0) is 63.9 Å². The van der Waals surface area contributed by atoms with E-state index in [9.17, 15) is 19.2 Å². The van der Waals surface area contributed by atoms with Gasteiger partial charge in [0.25, 0.3) is 0 Å². The molecule has 1 rings (SSSR count). The summed E-state index contributed by atoms with van der Waals surface area (Å²) in [6.07, 6.45) is 2.41. The van der Waals surface area contributed by atoms with Crippen LogP contribution >= 0.6 is 0 Å². The third kappa shape index (κ3) is 22.9. The highest BCUT2D eigenvalue weighted by atomic mass is 16.1. The van der Waals surface area contributed by atoms with Crippen molar-refractivity contribution in [3.05, 3.63) is 35.9 Å².